The number of benzene rings is 2. The van der Waals surface area contributed by atoms with Gasteiger partial charge in [0.05, 0.1) is 11.4 Å². The van der Waals surface area contributed by atoms with Crippen molar-refractivity contribution in [3.63, 3.8) is 0 Å². The van der Waals surface area contributed by atoms with Crippen LogP contribution in [0.3, 0.4) is 0 Å². The van der Waals surface area contributed by atoms with E-state index in [1.54, 1.807) is 35.2 Å². The van der Waals surface area contributed by atoms with E-state index in [-0.39, 0.29) is 0 Å². The third kappa shape index (κ3) is 2.50. The molecule has 0 bridgehead atoms. The Hall–Kier alpha value is -2.25. The minimum absolute atomic E-state index is 0.423. The minimum atomic E-state index is -4.50. The highest BCUT2D eigenvalue weighted by atomic mass is 32.2. The van der Waals surface area contributed by atoms with Crippen molar-refractivity contribution in [3.05, 3.63) is 54.1 Å². The van der Waals surface area contributed by atoms with Crippen molar-refractivity contribution in [1.82, 2.24) is 0 Å². The summed E-state index contributed by atoms with van der Waals surface area (Å²) in [4.78, 5) is -0.0355. The molecule has 0 amide bonds. The van der Waals surface area contributed by atoms with E-state index in [1.165, 1.54) is 0 Å². The molecule has 128 valence electrons. The van der Waals surface area contributed by atoms with Crippen molar-refractivity contribution < 1.29 is 13.0 Å². The molecule has 0 radical (unpaired) electrons. The summed E-state index contributed by atoms with van der Waals surface area (Å²) >= 11 is 0. The molecule has 0 aromatic heterocycles. The second-order valence-electron chi connectivity index (χ2n) is 5.89. The lowest BCUT2D eigenvalue weighted by molar-refractivity contribution is 0.434. The molecule has 1 aliphatic rings. The Labute approximate surface area is 142 Å². The van der Waals surface area contributed by atoms with E-state index in [0.29, 0.717) is 23.5 Å². The third-order valence-corrected chi connectivity index (χ3v) is 5.59. The molecule has 4 N–H and O–H groups in total. The zero-order valence-corrected chi connectivity index (χ0v) is 14.3. The Balaban J connectivity index is 2.23. The number of nitrogens with two attached hydrogens (primary N) is 1. The second-order valence-corrected chi connectivity index (χ2v) is 7.43. The van der Waals surface area contributed by atoms with Crippen molar-refractivity contribution in [2.24, 2.45) is 0 Å². The molecule has 0 aliphatic carbocycles. The molecule has 0 saturated heterocycles. The van der Waals surface area contributed by atoms with Crippen molar-refractivity contribution in [2.75, 3.05) is 22.5 Å². The highest BCUT2D eigenvalue weighted by molar-refractivity contribution is 7.87. The van der Waals surface area contributed by atoms with E-state index < -0.39 is 15.1 Å². The molecule has 0 fully saturated rings. The maximum absolute atomic E-state index is 12.5. The van der Waals surface area contributed by atoms with Gasteiger partial charge in [0.25, 0.3) is 4.99 Å². The summed E-state index contributed by atoms with van der Waals surface area (Å²) in [6.45, 7) is 2.53. The van der Waals surface area contributed by atoms with E-state index >= 15 is 0 Å². The van der Waals surface area contributed by atoms with Crippen LogP contribution in [0.25, 0.3) is 0 Å². The molecule has 6 nitrogen and oxygen atoms in total. The number of fused-ring (bicyclic) bond motifs is 1. The van der Waals surface area contributed by atoms with E-state index in [0.717, 1.165) is 18.5 Å². The van der Waals surface area contributed by atoms with Crippen LogP contribution in [0.1, 0.15) is 25.3 Å². The fraction of sp³-hybridized carbons (Fsp3) is 0.294. The number of hydrogen-bond acceptors (Lipinski definition) is 5. The van der Waals surface area contributed by atoms with Crippen LogP contribution in [0.15, 0.2) is 48.5 Å². The predicted octanol–water partition coefficient (Wildman–Crippen LogP) is 3.00. The lowest BCUT2D eigenvalue weighted by Gasteiger charge is -2.37. The van der Waals surface area contributed by atoms with Gasteiger partial charge in [-0.25, -0.2) is 0 Å². The summed E-state index contributed by atoms with van der Waals surface area (Å²) in [6.07, 6.45) is 1.70. The molecule has 1 heterocycles. The minimum Gasteiger partial charge on any atom is -0.399 e. The summed E-state index contributed by atoms with van der Waals surface area (Å²) in [5.74, 6) is 0. The number of unbranched alkanes of at least 4 members (excludes halogenated alkanes) is 1. The second kappa shape index (κ2) is 5.99. The van der Waals surface area contributed by atoms with E-state index in [4.69, 9.17) is 5.73 Å². The maximum Gasteiger partial charge on any atom is 0.313 e. The van der Waals surface area contributed by atoms with Gasteiger partial charge in [-0.05, 0) is 30.7 Å². The molecule has 2 aromatic rings. The number of rotatable bonds is 5. The zero-order valence-electron chi connectivity index (χ0n) is 13.4. The lowest BCUT2D eigenvalue weighted by atomic mass is 10.1. The molecule has 1 aliphatic heterocycles. The Morgan fingerprint density at radius 3 is 2.46 bits per heavy atom. The van der Waals surface area contributed by atoms with E-state index in [9.17, 15) is 13.0 Å². The van der Waals surface area contributed by atoms with Crippen LogP contribution < -0.4 is 16.0 Å². The van der Waals surface area contributed by atoms with Gasteiger partial charge in [0.1, 0.15) is 0 Å². The summed E-state index contributed by atoms with van der Waals surface area (Å²) in [5, 5.41) is 3.03. The van der Waals surface area contributed by atoms with Gasteiger partial charge in [0.15, 0.2) is 0 Å². The van der Waals surface area contributed by atoms with Gasteiger partial charge < -0.3 is 16.0 Å². The van der Waals surface area contributed by atoms with Gasteiger partial charge in [-0.2, -0.15) is 8.42 Å². The number of anilines is 3. The van der Waals surface area contributed by atoms with Gasteiger partial charge in [-0.1, -0.05) is 37.6 Å². The Bertz CT molecular complexity index is 836. The largest absolute Gasteiger partial charge is 0.399 e. The van der Waals surface area contributed by atoms with Crippen molar-refractivity contribution in [1.29, 1.82) is 0 Å². The number of nitrogens with one attached hydrogen (secondary N) is 1. The van der Waals surface area contributed by atoms with Crippen LogP contribution in [0, 0.1) is 0 Å². The van der Waals surface area contributed by atoms with Gasteiger partial charge in [0, 0.05) is 17.8 Å². The molecule has 0 unspecified atom stereocenters. The van der Waals surface area contributed by atoms with Crippen LogP contribution in [0.2, 0.25) is 0 Å². The number of nitrogens with zero attached hydrogens (tertiary/aromatic N) is 1. The topological polar surface area (TPSA) is 95.7 Å². The van der Waals surface area contributed by atoms with Gasteiger partial charge >= 0.3 is 10.1 Å². The first-order chi connectivity index (χ1) is 11.4. The van der Waals surface area contributed by atoms with Crippen LogP contribution in [0.4, 0.5) is 17.1 Å². The number of hydrogen-bond donors (Lipinski definition) is 3. The van der Waals surface area contributed by atoms with Crippen molar-refractivity contribution in [3.8, 4) is 0 Å². The quantitative estimate of drug-likeness (QED) is 0.568. The van der Waals surface area contributed by atoms with Gasteiger partial charge in [-0.3, -0.25) is 4.55 Å². The molecule has 2 aromatic carbocycles. The highest BCUT2D eigenvalue weighted by Crippen LogP contribution is 2.47. The van der Waals surface area contributed by atoms with Crippen LogP contribution >= 0.6 is 0 Å². The van der Waals surface area contributed by atoms with Crippen LogP contribution in [0.5, 0.6) is 0 Å². The summed E-state index contributed by atoms with van der Waals surface area (Å²) in [5.41, 5.74) is 8.10. The van der Waals surface area contributed by atoms with Crippen molar-refractivity contribution in [2.45, 2.75) is 24.8 Å². The van der Waals surface area contributed by atoms with Gasteiger partial charge in [-0.15, -0.1) is 0 Å². The summed E-state index contributed by atoms with van der Waals surface area (Å²) in [6, 6.07) is 13.8. The monoisotopic (exact) mass is 347 g/mol. The van der Waals surface area contributed by atoms with Crippen molar-refractivity contribution >= 4 is 27.2 Å². The molecular weight excluding hydrogens is 326 g/mol. The highest BCUT2D eigenvalue weighted by Gasteiger charge is 2.54. The maximum atomic E-state index is 12.5. The fourth-order valence-corrected chi connectivity index (χ4v) is 4.26. The van der Waals surface area contributed by atoms with Crippen LogP contribution in [-0.4, -0.2) is 19.5 Å². The summed E-state index contributed by atoms with van der Waals surface area (Å²) in [7, 11) is -4.50. The Morgan fingerprint density at radius 1 is 1.17 bits per heavy atom. The SMILES string of the molecule is CCCCN1c2ccccc2N[C@]1(c1ccc(N)cc1)S(=O)(=O)O. The fourth-order valence-electron chi connectivity index (χ4n) is 3.12. The summed E-state index contributed by atoms with van der Waals surface area (Å²) < 4.78 is 35.2. The molecule has 24 heavy (non-hydrogen) atoms. The first-order valence-corrected chi connectivity index (χ1v) is 9.32. The molecule has 0 spiro atoms. The molecule has 7 heteroatoms. The number of para-hydroxylation sites is 2. The number of nitrogen functional groups attached to an aromatic ring is 1. The smallest absolute Gasteiger partial charge is 0.313 e. The normalized spacial score (nSPS) is 19.8. The zero-order chi connectivity index (χ0) is 17.4. The Morgan fingerprint density at radius 2 is 1.83 bits per heavy atom. The van der Waals surface area contributed by atoms with E-state index in [1.807, 2.05) is 25.1 Å². The molecule has 3 rings (SSSR count). The standard InChI is InChI=1S/C17H21N3O3S/c1-2-3-12-20-16-7-5-4-6-15(16)19-17(20,24(21,22)23)13-8-10-14(18)11-9-13/h4-11,19H,2-3,12,18H2,1H3,(H,21,22,23)/t17-/m0/s1. The average Bonchev–Trinajstić information content (AvgIpc) is 2.89. The first-order valence-electron chi connectivity index (χ1n) is 7.88. The van der Waals surface area contributed by atoms with Gasteiger partial charge in [0.2, 0.25) is 0 Å². The Kier molecular flexibility index (Phi) is 4.15. The van der Waals surface area contributed by atoms with Crippen LogP contribution in [-0.2, 0) is 15.1 Å². The van der Waals surface area contributed by atoms with E-state index in [2.05, 4.69) is 5.32 Å². The average molecular weight is 347 g/mol. The molecule has 1 atom stereocenters. The lowest BCUT2D eigenvalue weighted by Crippen LogP contribution is -2.54. The predicted molar refractivity (Wildman–Crippen MR) is 96.4 cm³/mol. The first kappa shape index (κ1) is 16.6. The molecule has 0 saturated carbocycles. The molecular formula is C17H21N3O3S. The third-order valence-electron chi connectivity index (χ3n) is 4.29.